The summed E-state index contributed by atoms with van der Waals surface area (Å²) in [6.07, 6.45) is 2.44. The maximum absolute atomic E-state index is 12.6. The Balaban J connectivity index is 1.54. The van der Waals surface area contributed by atoms with Crippen molar-refractivity contribution in [2.75, 3.05) is 11.9 Å². The van der Waals surface area contributed by atoms with Crippen LogP contribution >= 0.6 is 58.8 Å². The summed E-state index contributed by atoms with van der Waals surface area (Å²) in [5.74, 6) is -0.356. The highest BCUT2D eigenvalue weighted by Crippen LogP contribution is 2.34. The molecule has 1 fully saturated rings. The van der Waals surface area contributed by atoms with Gasteiger partial charge in [-0.3, -0.25) is 14.5 Å². The van der Waals surface area contributed by atoms with Crippen LogP contribution < -0.4 is 5.32 Å². The van der Waals surface area contributed by atoms with Gasteiger partial charge in [-0.2, -0.15) is 0 Å². The summed E-state index contributed by atoms with van der Waals surface area (Å²) >= 11 is 24.5. The van der Waals surface area contributed by atoms with Gasteiger partial charge >= 0.3 is 0 Å². The number of thiocarbonyl (C=S) groups is 1. The van der Waals surface area contributed by atoms with Crippen molar-refractivity contribution in [2.45, 2.75) is 12.8 Å². The summed E-state index contributed by atoms with van der Waals surface area (Å²) in [6, 6.07) is 12.2. The first-order chi connectivity index (χ1) is 13.8. The minimum absolute atomic E-state index is 0.176. The lowest BCUT2D eigenvalue weighted by atomic mass is 10.2. The maximum atomic E-state index is 12.6. The van der Waals surface area contributed by atoms with Crippen LogP contribution in [0.3, 0.4) is 0 Å². The lowest BCUT2D eigenvalue weighted by molar-refractivity contribution is -0.122. The molecule has 150 valence electrons. The first-order valence-electron chi connectivity index (χ1n) is 8.60. The summed E-state index contributed by atoms with van der Waals surface area (Å²) in [6.45, 7) is 0.360. The number of hydrogen-bond donors (Lipinski definition) is 1. The molecule has 0 spiro atoms. The molecule has 2 amide bonds. The van der Waals surface area contributed by atoms with Gasteiger partial charge in [0.15, 0.2) is 0 Å². The number of carbonyl (C=O) groups excluding carboxylic acids is 2. The predicted octanol–water partition coefficient (Wildman–Crippen LogP) is 6.27. The number of hydrogen-bond acceptors (Lipinski definition) is 4. The predicted molar refractivity (Wildman–Crippen MR) is 126 cm³/mol. The highest BCUT2D eigenvalue weighted by atomic mass is 35.5. The average Bonchev–Trinajstić information content (AvgIpc) is 2.94. The lowest BCUT2D eigenvalue weighted by Crippen LogP contribution is -2.29. The minimum Gasteiger partial charge on any atom is -0.326 e. The molecule has 0 unspecified atom stereocenters. The second-order valence-electron chi connectivity index (χ2n) is 6.14. The zero-order chi connectivity index (χ0) is 21.0. The second kappa shape index (κ2) is 9.96. The highest BCUT2D eigenvalue weighted by molar-refractivity contribution is 8.26. The number of nitrogens with zero attached hydrogens (tertiary/aromatic N) is 1. The third-order valence-corrected chi connectivity index (χ3v) is 6.52. The van der Waals surface area contributed by atoms with Crippen LogP contribution in [0.4, 0.5) is 5.69 Å². The monoisotopic (exact) mass is 484 g/mol. The SMILES string of the molecule is O=C(CCCN1C(=O)/C(=C/c2ccccc2Cl)SC1=S)Nc1ccc(Cl)c(Cl)c1. The van der Waals surface area contributed by atoms with Crippen LogP contribution in [-0.2, 0) is 9.59 Å². The van der Waals surface area contributed by atoms with Crippen molar-refractivity contribution < 1.29 is 9.59 Å². The van der Waals surface area contributed by atoms with Gasteiger partial charge in [-0.25, -0.2) is 0 Å². The minimum atomic E-state index is -0.180. The topological polar surface area (TPSA) is 49.4 Å². The molecule has 1 aliphatic rings. The zero-order valence-electron chi connectivity index (χ0n) is 15.0. The first-order valence-corrected chi connectivity index (χ1v) is 11.0. The van der Waals surface area contributed by atoms with E-state index >= 15 is 0 Å². The summed E-state index contributed by atoms with van der Waals surface area (Å²) in [4.78, 5) is 26.8. The second-order valence-corrected chi connectivity index (χ2v) is 9.03. The Labute approximate surface area is 193 Å². The van der Waals surface area contributed by atoms with E-state index in [-0.39, 0.29) is 18.2 Å². The average molecular weight is 486 g/mol. The fourth-order valence-corrected chi connectivity index (χ4v) is 4.41. The third kappa shape index (κ3) is 5.74. The number of nitrogens with one attached hydrogen (secondary N) is 1. The number of halogens is 3. The van der Waals surface area contributed by atoms with Gasteiger partial charge in [0, 0.05) is 23.7 Å². The van der Waals surface area contributed by atoms with Crippen molar-refractivity contribution in [3.8, 4) is 0 Å². The quantitative estimate of drug-likeness (QED) is 0.387. The van der Waals surface area contributed by atoms with E-state index in [1.807, 2.05) is 18.2 Å². The molecule has 4 nitrogen and oxygen atoms in total. The van der Waals surface area contributed by atoms with E-state index in [0.717, 1.165) is 5.56 Å². The number of benzene rings is 2. The van der Waals surface area contributed by atoms with Crippen LogP contribution in [0.5, 0.6) is 0 Å². The number of carbonyl (C=O) groups is 2. The molecule has 1 aliphatic heterocycles. The van der Waals surface area contributed by atoms with E-state index in [0.29, 0.717) is 42.9 Å². The van der Waals surface area contributed by atoms with Crippen LogP contribution in [0.15, 0.2) is 47.4 Å². The molecule has 0 aromatic heterocycles. The van der Waals surface area contributed by atoms with Crippen molar-refractivity contribution in [1.82, 2.24) is 4.90 Å². The smallest absolute Gasteiger partial charge is 0.266 e. The molecule has 29 heavy (non-hydrogen) atoms. The van der Waals surface area contributed by atoms with Crippen molar-refractivity contribution in [2.24, 2.45) is 0 Å². The zero-order valence-corrected chi connectivity index (χ0v) is 18.9. The maximum Gasteiger partial charge on any atom is 0.266 e. The Morgan fingerprint density at radius 3 is 2.59 bits per heavy atom. The highest BCUT2D eigenvalue weighted by Gasteiger charge is 2.31. The number of anilines is 1. The molecule has 0 radical (unpaired) electrons. The number of amides is 2. The van der Waals surface area contributed by atoms with E-state index in [4.69, 9.17) is 47.0 Å². The van der Waals surface area contributed by atoms with E-state index < -0.39 is 0 Å². The summed E-state index contributed by atoms with van der Waals surface area (Å²) < 4.78 is 0.471. The van der Waals surface area contributed by atoms with Gasteiger partial charge in [0.05, 0.1) is 15.0 Å². The normalized spacial score (nSPS) is 15.3. The van der Waals surface area contributed by atoms with E-state index in [1.54, 1.807) is 30.3 Å². The van der Waals surface area contributed by atoms with E-state index in [2.05, 4.69) is 5.32 Å². The van der Waals surface area contributed by atoms with Crippen LogP contribution in [-0.4, -0.2) is 27.6 Å². The molecule has 0 bridgehead atoms. The van der Waals surface area contributed by atoms with E-state index in [9.17, 15) is 9.59 Å². The molecule has 0 saturated carbocycles. The molecule has 9 heteroatoms. The molecule has 3 rings (SSSR count). The standard InChI is InChI=1S/C20H15Cl3N2O2S2/c21-14-5-2-1-4-12(14)10-17-19(27)25(20(28)29-17)9-3-6-18(26)24-13-7-8-15(22)16(23)11-13/h1-2,4-5,7-8,10-11H,3,6,9H2,(H,24,26)/b17-10-. The van der Waals surface area contributed by atoms with Gasteiger partial charge in [0.1, 0.15) is 4.32 Å². The molecule has 2 aromatic rings. The van der Waals surface area contributed by atoms with Gasteiger partial charge in [0.2, 0.25) is 5.91 Å². The van der Waals surface area contributed by atoms with Crippen LogP contribution in [0.25, 0.3) is 6.08 Å². The Morgan fingerprint density at radius 2 is 1.86 bits per heavy atom. The third-order valence-electron chi connectivity index (χ3n) is 4.05. The van der Waals surface area contributed by atoms with Gasteiger partial charge < -0.3 is 5.32 Å². The largest absolute Gasteiger partial charge is 0.326 e. The van der Waals surface area contributed by atoms with Gasteiger partial charge in [0.25, 0.3) is 5.91 Å². The van der Waals surface area contributed by atoms with Crippen LogP contribution in [0.2, 0.25) is 15.1 Å². The fraction of sp³-hybridized carbons (Fsp3) is 0.150. The Morgan fingerprint density at radius 1 is 1.10 bits per heavy atom. The molecule has 2 aromatic carbocycles. The lowest BCUT2D eigenvalue weighted by Gasteiger charge is -2.14. The Hall–Kier alpha value is -1.57. The molecule has 1 heterocycles. The van der Waals surface area contributed by atoms with E-state index in [1.165, 1.54) is 16.7 Å². The van der Waals surface area contributed by atoms with Crippen molar-refractivity contribution >= 4 is 86.7 Å². The molecule has 1 N–H and O–H groups in total. The molecular formula is C20H15Cl3N2O2S2. The van der Waals surface area contributed by atoms with Crippen molar-refractivity contribution in [3.63, 3.8) is 0 Å². The van der Waals surface area contributed by atoms with Crippen molar-refractivity contribution in [1.29, 1.82) is 0 Å². The Kier molecular flexibility index (Phi) is 7.60. The van der Waals surface area contributed by atoms with Crippen LogP contribution in [0, 0.1) is 0 Å². The Bertz CT molecular complexity index is 1010. The van der Waals surface area contributed by atoms with Crippen LogP contribution in [0.1, 0.15) is 18.4 Å². The summed E-state index contributed by atoms with van der Waals surface area (Å²) in [5.41, 5.74) is 1.33. The first kappa shape index (κ1) is 22.1. The van der Waals surface area contributed by atoms with Gasteiger partial charge in [-0.05, 0) is 42.3 Å². The van der Waals surface area contributed by atoms with Crippen molar-refractivity contribution in [3.05, 3.63) is 68.0 Å². The molecule has 0 aliphatic carbocycles. The molecule has 0 atom stereocenters. The van der Waals surface area contributed by atoms with Gasteiger partial charge in [-0.1, -0.05) is 77.0 Å². The number of thioether (sulfide) groups is 1. The molecular weight excluding hydrogens is 471 g/mol. The number of rotatable bonds is 6. The fourth-order valence-electron chi connectivity index (χ4n) is 2.62. The molecule has 1 saturated heterocycles. The summed E-state index contributed by atoms with van der Waals surface area (Å²) in [5, 5.41) is 4.11. The van der Waals surface area contributed by atoms with Gasteiger partial charge in [-0.15, -0.1) is 0 Å². The summed E-state index contributed by atoms with van der Waals surface area (Å²) in [7, 11) is 0.